The van der Waals surface area contributed by atoms with Gasteiger partial charge in [-0.3, -0.25) is 9.78 Å². The normalized spacial score (nSPS) is 16.0. The fourth-order valence-electron chi connectivity index (χ4n) is 2.78. The molecule has 1 amide bonds. The maximum Gasteiger partial charge on any atom is 0.229 e. The number of aromatic amines is 1. The number of fused-ring (bicyclic) bond motifs is 1. The summed E-state index contributed by atoms with van der Waals surface area (Å²) >= 11 is 5.91. The summed E-state index contributed by atoms with van der Waals surface area (Å²) in [7, 11) is 0. The third-order valence-electron chi connectivity index (χ3n) is 4.19. The summed E-state index contributed by atoms with van der Waals surface area (Å²) in [6, 6.07) is 3.94. The van der Waals surface area contributed by atoms with Gasteiger partial charge in [0.1, 0.15) is 0 Å². The molecule has 0 atom stereocenters. The first kappa shape index (κ1) is 15.1. The van der Waals surface area contributed by atoms with Crippen molar-refractivity contribution in [1.29, 1.82) is 0 Å². The number of hydrogen-bond donors (Lipinski definition) is 1. The van der Waals surface area contributed by atoms with Gasteiger partial charge in [-0.1, -0.05) is 6.08 Å². The summed E-state index contributed by atoms with van der Waals surface area (Å²) in [6.45, 7) is 5.15. The molecule has 1 N–H and O–H groups in total. The van der Waals surface area contributed by atoms with Crippen LogP contribution in [0.1, 0.15) is 25.8 Å². The highest BCUT2D eigenvalue weighted by molar-refractivity contribution is 6.19. The fraction of sp³-hybridized carbons (Fsp3) is 0.412. The predicted molar refractivity (Wildman–Crippen MR) is 89.8 cm³/mol. The average Bonchev–Trinajstić information content (AvgIpc) is 2.98. The maximum absolute atomic E-state index is 12.5. The molecule has 0 aliphatic carbocycles. The lowest BCUT2D eigenvalue weighted by Gasteiger charge is -2.32. The minimum atomic E-state index is -0.505. The second-order valence-electron chi connectivity index (χ2n) is 6.35. The van der Waals surface area contributed by atoms with Crippen LogP contribution in [-0.4, -0.2) is 39.7 Å². The van der Waals surface area contributed by atoms with Crippen LogP contribution >= 0.6 is 11.6 Å². The summed E-state index contributed by atoms with van der Waals surface area (Å²) in [4.78, 5) is 22.0. The van der Waals surface area contributed by atoms with Crippen molar-refractivity contribution < 1.29 is 4.79 Å². The minimum Gasteiger partial charge on any atom is -0.359 e. The zero-order valence-electron chi connectivity index (χ0n) is 12.9. The van der Waals surface area contributed by atoms with Crippen LogP contribution in [0, 0.1) is 5.41 Å². The lowest BCUT2D eigenvalue weighted by molar-refractivity contribution is -0.138. The Hall–Kier alpha value is -1.81. The topological polar surface area (TPSA) is 49.0 Å². The van der Waals surface area contributed by atoms with Crippen LogP contribution in [0.25, 0.3) is 16.6 Å². The fourth-order valence-corrected chi connectivity index (χ4v) is 2.90. The van der Waals surface area contributed by atoms with Crippen LogP contribution < -0.4 is 0 Å². The number of pyridine rings is 1. The predicted octanol–water partition coefficient (Wildman–Crippen LogP) is 3.44. The van der Waals surface area contributed by atoms with Crippen LogP contribution in [0.15, 0.2) is 30.6 Å². The average molecular weight is 318 g/mol. The van der Waals surface area contributed by atoms with Crippen molar-refractivity contribution in [3.8, 4) is 0 Å². The van der Waals surface area contributed by atoms with Crippen molar-refractivity contribution in [1.82, 2.24) is 14.9 Å². The van der Waals surface area contributed by atoms with Crippen molar-refractivity contribution >= 4 is 34.1 Å². The van der Waals surface area contributed by atoms with Gasteiger partial charge in [0, 0.05) is 36.9 Å². The van der Waals surface area contributed by atoms with Crippen molar-refractivity contribution in [2.24, 2.45) is 5.41 Å². The molecule has 0 unspecified atom stereocenters. The molecule has 0 radical (unpaired) electrons. The Balaban J connectivity index is 1.81. The van der Waals surface area contributed by atoms with E-state index in [0.29, 0.717) is 12.4 Å². The van der Waals surface area contributed by atoms with Crippen molar-refractivity contribution in [3.05, 3.63) is 36.2 Å². The second kappa shape index (κ2) is 5.76. The molecule has 4 nitrogen and oxygen atoms in total. The smallest absolute Gasteiger partial charge is 0.229 e. The number of nitrogens with one attached hydrogen (secondary N) is 1. The van der Waals surface area contributed by atoms with Crippen molar-refractivity contribution in [2.75, 3.05) is 19.0 Å². The van der Waals surface area contributed by atoms with Crippen LogP contribution in [0.3, 0.4) is 0 Å². The molecule has 2 aromatic heterocycles. The van der Waals surface area contributed by atoms with E-state index in [1.54, 1.807) is 0 Å². The highest BCUT2D eigenvalue weighted by Crippen LogP contribution is 2.29. The Morgan fingerprint density at radius 1 is 1.50 bits per heavy atom. The molecule has 0 fully saturated rings. The lowest BCUT2D eigenvalue weighted by atomic mass is 9.92. The number of rotatable bonds is 3. The molecule has 3 heterocycles. The van der Waals surface area contributed by atoms with E-state index in [-0.39, 0.29) is 5.91 Å². The molecule has 0 saturated heterocycles. The lowest BCUT2D eigenvalue weighted by Crippen LogP contribution is -2.43. The zero-order chi connectivity index (χ0) is 15.7. The van der Waals surface area contributed by atoms with E-state index in [4.69, 9.17) is 11.6 Å². The first-order chi connectivity index (χ1) is 10.5. The van der Waals surface area contributed by atoms with Gasteiger partial charge in [0.15, 0.2) is 0 Å². The first-order valence-corrected chi connectivity index (χ1v) is 8.03. The highest BCUT2D eigenvalue weighted by atomic mass is 35.5. The van der Waals surface area contributed by atoms with Crippen LogP contribution in [0.2, 0.25) is 0 Å². The molecule has 1 aliphatic rings. The molecule has 5 heteroatoms. The van der Waals surface area contributed by atoms with Gasteiger partial charge in [0.25, 0.3) is 0 Å². The van der Waals surface area contributed by atoms with Crippen molar-refractivity contribution in [3.63, 3.8) is 0 Å². The number of alkyl halides is 1. The molecule has 1 aliphatic heterocycles. The van der Waals surface area contributed by atoms with Gasteiger partial charge in [-0.15, -0.1) is 11.6 Å². The van der Waals surface area contributed by atoms with Gasteiger partial charge in [-0.05, 0) is 38.0 Å². The monoisotopic (exact) mass is 317 g/mol. The number of H-pyrrole nitrogens is 1. The molecule has 116 valence electrons. The summed E-state index contributed by atoms with van der Waals surface area (Å²) in [5.41, 5.74) is 3.92. The number of hydrogen-bond acceptors (Lipinski definition) is 2. The number of aromatic nitrogens is 2. The van der Waals surface area contributed by atoms with Gasteiger partial charge in [-0.2, -0.15) is 0 Å². The summed E-state index contributed by atoms with van der Waals surface area (Å²) in [5.74, 6) is 0.459. The number of nitrogens with zero attached hydrogens (tertiary/aromatic N) is 2. The minimum absolute atomic E-state index is 0.120. The van der Waals surface area contributed by atoms with E-state index in [1.807, 2.05) is 43.3 Å². The van der Waals surface area contributed by atoms with Crippen LogP contribution in [-0.2, 0) is 4.79 Å². The Morgan fingerprint density at radius 3 is 3.00 bits per heavy atom. The molecular weight excluding hydrogens is 298 g/mol. The van der Waals surface area contributed by atoms with E-state index in [9.17, 15) is 4.79 Å². The summed E-state index contributed by atoms with van der Waals surface area (Å²) in [5, 5.41) is 0. The zero-order valence-corrected chi connectivity index (χ0v) is 13.7. The van der Waals surface area contributed by atoms with E-state index in [2.05, 4.69) is 16.0 Å². The van der Waals surface area contributed by atoms with Crippen LogP contribution in [0.4, 0.5) is 0 Å². The van der Waals surface area contributed by atoms with Gasteiger partial charge in [-0.25, -0.2) is 0 Å². The van der Waals surface area contributed by atoms with Gasteiger partial charge >= 0.3 is 0 Å². The molecule has 3 rings (SSSR count). The highest BCUT2D eigenvalue weighted by Gasteiger charge is 2.32. The Morgan fingerprint density at radius 2 is 2.32 bits per heavy atom. The number of amides is 1. The molecule has 2 aromatic rings. The number of carbonyl (C=O) groups is 1. The third kappa shape index (κ3) is 2.63. The first-order valence-electron chi connectivity index (χ1n) is 7.50. The Bertz CT molecular complexity index is 732. The van der Waals surface area contributed by atoms with Crippen LogP contribution in [0.5, 0.6) is 0 Å². The molecular formula is C17H20ClN3O. The Kier molecular flexibility index (Phi) is 3.96. The van der Waals surface area contributed by atoms with E-state index >= 15 is 0 Å². The number of carbonyl (C=O) groups excluding carboxylic acids is 1. The molecule has 0 aromatic carbocycles. The molecule has 22 heavy (non-hydrogen) atoms. The van der Waals surface area contributed by atoms with E-state index in [0.717, 1.165) is 29.6 Å². The summed E-state index contributed by atoms with van der Waals surface area (Å²) in [6.07, 6.45) is 6.78. The van der Waals surface area contributed by atoms with Gasteiger partial charge in [0.2, 0.25) is 5.91 Å². The molecule has 0 spiro atoms. The standard InChI is InChI=1S/C17H20ClN3O/c1-17(2,11-18)16(22)21-8-5-12(6-9-21)13-10-20-14-4-3-7-19-15(13)14/h3-5,7,10,20H,6,8-9,11H2,1-2H3. The van der Waals surface area contributed by atoms with E-state index < -0.39 is 5.41 Å². The van der Waals surface area contributed by atoms with Crippen molar-refractivity contribution in [2.45, 2.75) is 20.3 Å². The molecule has 0 bridgehead atoms. The SMILES string of the molecule is CC(C)(CCl)C(=O)N1CC=C(c2c[nH]c3cccnc23)CC1. The largest absolute Gasteiger partial charge is 0.359 e. The Labute approximate surface area is 135 Å². The third-order valence-corrected chi connectivity index (χ3v) is 4.86. The number of halogens is 1. The van der Waals surface area contributed by atoms with Gasteiger partial charge in [0.05, 0.1) is 16.4 Å². The second-order valence-corrected chi connectivity index (χ2v) is 6.62. The summed E-state index contributed by atoms with van der Waals surface area (Å²) < 4.78 is 0. The maximum atomic E-state index is 12.5. The molecule has 0 saturated carbocycles. The quantitative estimate of drug-likeness (QED) is 0.882. The van der Waals surface area contributed by atoms with E-state index in [1.165, 1.54) is 5.57 Å². The van der Waals surface area contributed by atoms with Gasteiger partial charge < -0.3 is 9.88 Å².